The van der Waals surface area contributed by atoms with Gasteiger partial charge in [-0.05, 0) is 38.8 Å². The van der Waals surface area contributed by atoms with E-state index in [4.69, 9.17) is 0 Å². The van der Waals surface area contributed by atoms with E-state index in [1.165, 1.54) is 6.20 Å². The normalized spacial score (nSPS) is 17.7. The maximum atomic E-state index is 12.4. The molecular formula is C20H35N5O3S. The molecule has 1 saturated heterocycles. The molecule has 8 nitrogen and oxygen atoms in total. The van der Waals surface area contributed by atoms with Crippen LogP contribution in [0, 0.1) is 0 Å². The number of sulfonamides is 1. The molecule has 1 fully saturated rings. The lowest BCUT2D eigenvalue weighted by molar-refractivity contribution is -0.122. The highest BCUT2D eigenvalue weighted by Crippen LogP contribution is 2.17. The van der Waals surface area contributed by atoms with Crippen LogP contribution in [0.1, 0.15) is 47.0 Å². The second kappa shape index (κ2) is 10.9. The molecule has 0 saturated carbocycles. The lowest BCUT2D eigenvalue weighted by atomic mass is 10.2. The lowest BCUT2D eigenvalue weighted by Crippen LogP contribution is -2.50. The summed E-state index contributed by atoms with van der Waals surface area (Å²) < 4.78 is 27.6. The van der Waals surface area contributed by atoms with Crippen LogP contribution < -0.4 is 14.9 Å². The van der Waals surface area contributed by atoms with Crippen molar-refractivity contribution < 1.29 is 13.2 Å². The molecule has 2 heterocycles. The summed E-state index contributed by atoms with van der Waals surface area (Å²) in [5.41, 5.74) is 0. The Kier molecular flexibility index (Phi) is 8.85. The second-order valence-electron chi connectivity index (χ2n) is 7.80. The van der Waals surface area contributed by atoms with Gasteiger partial charge in [0.1, 0.15) is 10.7 Å². The van der Waals surface area contributed by atoms with Crippen molar-refractivity contribution in [3.63, 3.8) is 0 Å². The van der Waals surface area contributed by atoms with Gasteiger partial charge in [0.15, 0.2) is 0 Å². The molecule has 29 heavy (non-hydrogen) atoms. The molecule has 2 atom stereocenters. The number of hydrogen-bond acceptors (Lipinski definition) is 6. The first-order chi connectivity index (χ1) is 13.7. The molecule has 2 unspecified atom stereocenters. The highest BCUT2D eigenvalue weighted by molar-refractivity contribution is 7.89. The molecular weight excluding hydrogens is 390 g/mol. The van der Waals surface area contributed by atoms with E-state index in [0.29, 0.717) is 6.54 Å². The Morgan fingerprint density at radius 3 is 2.38 bits per heavy atom. The maximum Gasteiger partial charge on any atom is 0.242 e. The third-order valence-electron chi connectivity index (χ3n) is 5.19. The fraction of sp³-hybridized carbons (Fsp3) is 0.700. The van der Waals surface area contributed by atoms with Crippen LogP contribution in [0.5, 0.6) is 0 Å². The van der Waals surface area contributed by atoms with Crippen molar-refractivity contribution in [2.75, 3.05) is 37.6 Å². The molecule has 1 aromatic heterocycles. The Balaban J connectivity index is 1.88. The Hall–Kier alpha value is -1.71. The van der Waals surface area contributed by atoms with Gasteiger partial charge in [-0.15, -0.1) is 0 Å². The molecule has 164 valence electrons. The summed E-state index contributed by atoms with van der Waals surface area (Å²) in [5, 5.41) is 2.99. The minimum absolute atomic E-state index is 0.0604. The Morgan fingerprint density at radius 1 is 1.14 bits per heavy atom. The van der Waals surface area contributed by atoms with Gasteiger partial charge in [0.05, 0.1) is 6.54 Å². The fourth-order valence-electron chi connectivity index (χ4n) is 3.30. The monoisotopic (exact) mass is 425 g/mol. The van der Waals surface area contributed by atoms with Gasteiger partial charge in [0.2, 0.25) is 15.9 Å². The topological polar surface area (TPSA) is 94.6 Å². The van der Waals surface area contributed by atoms with Crippen molar-refractivity contribution in [3.05, 3.63) is 18.3 Å². The summed E-state index contributed by atoms with van der Waals surface area (Å²) in [7, 11) is -3.55. The number of nitrogens with one attached hydrogen (secondary N) is 2. The van der Waals surface area contributed by atoms with Crippen molar-refractivity contribution in [2.24, 2.45) is 0 Å². The highest BCUT2D eigenvalue weighted by Gasteiger charge is 2.22. The number of pyridine rings is 1. The summed E-state index contributed by atoms with van der Waals surface area (Å²) in [6.07, 6.45) is 4.06. The number of anilines is 1. The molecule has 0 aliphatic carbocycles. The minimum atomic E-state index is -3.55. The van der Waals surface area contributed by atoms with E-state index in [-0.39, 0.29) is 22.9 Å². The van der Waals surface area contributed by atoms with Crippen LogP contribution in [-0.2, 0) is 14.8 Å². The third-order valence-corrected chi connectivity index (χ3v) is 6.77. The van der Waals surface area contributed by atoms with E-state index in [0.717, 1.165) is 51.3 Å². The lowest BCUT2D eigenvalue weighted by Gasteiger charge is -2.35. The zero-order valence-electron chi connectivity index (χ0n) is 18.0. The van der Waals surface area contributed by atoms with E-state index in [9.17, 15) is 13.2 Å². The SMILES string of the molecule is CCCC(C)NS(=O)(=O)c1ccc(N2CCN(CC(=O)NC(C)CC)CC2)nc1. The Bertz CT molecular complexity index is 746. The van der Waals surface area contributed by atoms with Crippen LogP contribution in [0.25, 0.3) is 0 Å². The van der Waals surface area contributed by atoms with E-state index >= 15 is 0 Å². The average molecular weight is 426 g/mol. The predicted molar refractivity (Wildman–Crippen MR) is 115 cm³/mol. The van der Waals surface area contributed by atoms with Crippen LogP contribution >= 0.6 is 0 Å². The molecule has 1 amide bonds. The summed E-state index contributed by atoms with van der Waals surface area (Å²) in [4.78, 5) is 20.8. The van der Waals surface area contributed by atoms with Crippen molar-refractivity contribution >= 4 is 21.7 Å². The molecule has 0 radical (unpaired) electrons. The van der Waals surface area contributed by atoms with Gasteiger partial charge >= 0.3 is 0 Å². The first-order valence-corrected chi connectivity index (χ1v) is 12.0. The number of carbonyl (C=O) groups is 1. The molecule has 1 aliphatic rings. The molecule has 0 bridgehead atoms. The number of amides is 1. The maximum absolute atomic E-state index is 12.4. The number of nitrogens with zero attached hydrogens (tertiary/aromatic N) is 3. The third kappa shape index (κ3) is 7.24. The summed E-state index contributed by atoms with van der Waals surface area (Å²) in [5.74, 6) is 0.819. The largest absolute Gasteiger partial charge is 0.354 e. The summed E-state index contributed by atoms with van der Waals surface area (Å²) in [6, 6.07) is 3.46. The predicted octanol–water partition coefficient (Wildman–Crippen LogP) is 1.59. The van der Waals surface area contributed by atoms with Crippen molar-refractivity contribution in [2.45, 2.75) is 63.9 Å². The summed E-state index contributed by atoms with van der Waals surface area (Å²) in [6.45, 7) is 11.4. The molecule has 0 aromatic carbocycles. The van der Waals surface area contributed by atoms with Crippen molar-refractivity contribution in [1.29, 1.82) is 0 Å². The Labute approximate surface area is 175 Å². The standard InChI is InChI=1S/C20H35N5O3S/c1-5-7-17(4)23-29(27,28)18-8-9-19(21-14-18)25-12-10-24(11-13-25)15-20(26)22-16(3)6-2/h8-9,14,16-17,23H,5-7,10-13,15H2,1-4H3,(H,22,26). The molecule has 0 spiro atoms. The number of piperazine rings is 1. The summed E-state index contributed by atoms with van der Waals surface area (Å²) >= 11 is 0. The quantitative estimate of drug-likeness (QED) is 0.591. The van der Waals surface area contributed by atoms with Gasteiger partial charge in [-0.1, -0.05) is 20.3 Å². The van der Waals surface area contributed by atoms with Crippen molar-refractivity contribution in [1.82, 2.24) is 19.9 Å². The van der Waals surface area contributed by atoms with Gasteiger partial charge in [0, 0.05) is 44.5 Å². The van der Waals surface area contributed by atoms with Crippen LogP contribution in [0.3, 0.4) is 0 Å². The van der Waals surface area contributed by atoms with Gasteiger partial charge in [-0.2, -0.15) is 0 Å². The van der Waals surface area contributed by atoms with Crippen LogP contribution in [0.15, 0.2) is 23.2 Å². The number of hydrogen-bond donors (Lipinski definition) is 2. The molecule has 1 aliphatic heterocycles. The first kappa shape index (κ1) is 23.6. The second-order valence-corrected chi connectivity index (χ2v) is 9.52. The van der Waals surface area contributed by atoms with Gasteiger partial charge in [-0.3, -0.25) is 9.69 Å². The average Bonchev–Trinajstić information content (AvgIpc) is 2.68. The van der Waals surface area contributed by atoms with E-state index in [1.54, 1.807) is 12.1 Å². The van der Waals surface area contributed by atoms with E-state index in [1.807, 2.05) is 20.8 Å². The van der Waals surface area contributed by atoms with Gasteiger partial charge in [0.25, 0.3) is 0 Å². The molecule has 9 heteroatoms. The van der Waals surface area contributed by atoms with Gasteiger partial charge in [-0.25, -0.2) is 18.1 Å². The number of rotatable bonds is 10. The fourth-order valence-corrected chi connectivity index (χ4v) is 4.53. The van der Waals surface area contributed by atoms with Gasteiger partial charge < -0.3 is 10.2 Å². The van der Waals surface area contributed by atoms with Crippen LogP contribution in [0.2, 0.25) is 0 Å². The van der Waals surface area contributed by atoms with Crippen LogP contribution in [-0.4, -0.2) is 69.0 Å². The molecule has 2 N–H and O–H groups in total. The smallest absolute Gasteiger partial charge is 0.242 e. The van der Waals surface area contributed by atoms with E-state index < -0.39 is 10.0 Å². The number of aromatic nitrogens is 1. The molecule has 2 rings (SSSR count). The Morgan fingerprint density at radius 2 is 1.83 bits per heavy atom. The first-order valence-electron chi connectivity index (χ1n) is 10.5. The number of carbonyl (C=O) groups excluding carboxylic acids is 1. The van der Waals surface area contributed by atoms with Crippen LogP contribution in [0.4, 0.5) is 5.82 Å². The molecule has 1 aromatic rings. The van der Waals surface area contributed by atoms with E-state index in [2.05, 4.69) is 31.7 Å². The zero-order valence-corrected chi connectivity index (χ0v) is 18.8. The van der Waals surface area contributed by atoms with Crippen molar-refractivity contribution in [3.8, 4) is 0 Å². The minimum Gasteiger partial charge on any atom is -0.354 e. The highest BCUT2D eigenvalue weighted by atomic mass is 32.2. The zero-order chi connectivity index (χ0) is 21.4.